The van der Waals surface area contributed by atoms with Gasteiger partial charge in [0.05, 0.1) is 0 Å². The third-order valence-electron chi connectivity index (χ3n) is 2.01. The number of halogens is 1. The SMILES string of the molecule is CCCNS(=O)(=O)N(C1SCCN1F)S(N)(=O)=O. The maximum Gasteiger partial charge on any atom is 0.296 e. The standard InChI is InChI=1S/C6H15FN4O4S3/c1-2-3-9-18(14,15)11(17(8,12)13)6-10(7)4-5-16-6/h6,9H,2-5H2,1H3,(H2,8,12,13). The highest BCUT2D eigenvalue weighted by Crippen LogP contribution is 2.29. The third-order valence-corrected chi connectivity index (χ3v) is 6.59. The van der Waals surface area contributed by atoms with E-state index in [-0.39, 0.29) is 27.7 Å². The first-order valence-electron chi connectivity index (χ1n) is 5.06. The quantitative estimate of drug-likeness (QED) is 0.604. The van der Waals surface area contributed by atoms with E-state index < -0.39 is 25.9 Å². The van der Waals surface area contributed by atoms with Gasteiger partial charge in [-0.3, -0.25) is 0 Å². The smallest absolute Gasteiger partial charge is 0.215 e. The van der Waals surface area contributed by atoms with Crippen molar-refractivity contribution in [3.63, 3.8) is 0 Å². The monoisotopic (exact) mass is 322 g/mol. The maximum absolute atomic E-state index is 13.4. The zero-order chi connectivity index (χ0) is 14.0. The first kappa shape index (κ1) is 16.1. The summed E-state index contributed by atoms with van der Waals surface area (Å²) >= 11 is 0.844. The minimum Gasteiger partial charge on any atom is -0.215 e. The van der Waals surface area contributed by atoms with Gasteiger partial charge in [0, 0.05) is 18.8 Å². The molecule has 1 heterocycles. The van der Waals surface area contributed by atoms with E-state index in [2.05, 4.69) is 0 Å². The van der Waals surface area contributed by atoms with Crippen LogP contribution < -0.4 is 9.86 Å². The van der Waals surface area contributed by atoms with Crippen LogP contribution in [0.15, 0.2) is 0 Å². The molecule has 8 nitrogen and oxygen atoms in total. The average Bonchev–Trinajstić information content (AvgIpc) is 2.59. The van der Waals surface area contributed by atoms with Gasteiger partial charge in [0.2, 0.25) is 0 Å². The predicted octanol–water partition coefficient (Wildman–Crippen LogP) is -1.05. The Morgan fingerprint density at radius 2 is 2.11 bits per heavy atom. The van der Waals surface area contributed by atoms with E-state index in [1.165, 1.54) is 0 Å². The predicted molar refractivity (Wildman–Crippen MR) is 66.2 cm³/mol. The Labute approximate surface area is 110 Å². The summed E-state index contributed by atoms with van der Waals surface area (Å²) in [5.74, 6) is 0.274. The Morgan fingerprint density at radius 3 is 2.50 bits per heavy atom. The summed E-state index contributed by atoms with van der Waals surface area (Å²) < 4.78 is 61.7. The normalized spacial score (nSPS) is 22.8. The van der Waals surface area contributed by atoms with Gasteiger partial charge >= 0.3 is 0 Å². The molecule has 0 saturated carbocycles. The molecule has 0 amide bonds. The van der Waals surface area contributed by atoms with Gasteiger partial charge in [0.25, 0.3) is 20.4 Å². The van der Waals surface area contributed by atoms with Gasteiger partial charge in [0.15, 0.2) is 5.50 Å². The summed E-state index contributed by atoms with van der Waals surface area (Å²) in [6.07, 6.45) is 0.467. The van der Waals surface area contributed by atoms with E-state index in [1.54, 1.807) is 6.92 Å². The average molecular weight is 322 g/mol. The molecular weight excluding hydrogens is 307 g/mol. The number of rotatable bonds is 6. The lowest BCUT2D eigenvalue weighted by molar-refractivity contribution is 0.00688. The fourth-order valence-electron chi connectivity index (χ4n) is 1.28. The number of hydrogen-bond acceptors (Lipinski definition) is 6. The molecule has 0 spiro atoms. The summed E-state index contributed by atoms with van der Waals surface area (Å²) in [6, 6.07) is 0. The highest BCUT2D eigenvalue weighted by atomic mass is 32.3. The van der Waals surface area contributed by atoms with Crippen LogP contribution in [0.2, 0.25) is 0 Å². The molecule has 3 N–H and O–H groups in total. The van der Waals surface area contributed by atoms with Crippen LogP contribution in [0.1, 0.15) is 13.3 Å². The van der Waals surface area contributed by atoms with Gasteiger partial charge in [0.1, 0.15) is 0 Å². The first-order chi connectivity index (χ1) is 8.20. The molecule has 1 fully saturated rings. The molecule has 0 radical (unpaired) electrons. The van der Waals surface area contributed by atoms with E-state index in [9.17, 15) is 21.3 Å². The Morgan fingerprint density at radius 1 is 1.50 bits per heavy atom. The highest BCUT2D eigenvalue weighted by molar-refractivity contribution is 8.05. The van der Waals surface area contributed by atoms with Gasteiger partial charge in [-0.2, -0.15) is 16.8 Å². The number of nitrogens with two attached hydrogens (primary N) is 1. The largest absolute Gasteiger partial charge is 0.296 e. The van der Waals surface area contributed by atoms with Crippen LogP contribution in [-0.2, 0) is 20.4 Å². The van der Waals surface area contributed by atoms with Crippen molar-refractivity contribution in [1.82, 2.24) is 13.6 Å². The van der Waals surface area contributed by atoms with Gasteiger partial charge in [-0.15, -0.1) is 21.4 Å². The van der Waals surface area contributed by atoms with Crippen LogP contribution in [0.25, 0.3) is 0 Å². The highest BCUT2D eigenvalue weighted by Gasteiger charge is 2.44. The van der Waals surface area contributed by atoms with Crippen molar-refractivity contribution in [2.45, 2.75) is 18.8 Å². The molecule has 1 rings (SSSR count). The zero-order valence-corrected chi connectivity index (χ0v) is 12.1. The molecule has 1 unspecified atom stereocenters. The van der Waals surface area contributed by atoms with Gasteiger partial charge in [-0.25, -0.2) is 9.86 Å². The Kier molecular flexibility index (Phi) is 5.34. The number of nitrogens with one attached hydrogen (secondary N) is 1. The van der Waals surface area contributed by atoms with Crippen LogP contribution in [0.4, 0.5) is 4.48 Å². The van der Waals surface area contributed by atoms with Crippen LogP contribution in [0, 0.1) is 0 Å². The van der Waals surface area contributed by atoms with E-state index in [0.29, 0.717) is 6.42 Å². The van der Waals surface area contributed by atoms with Crippen molar-refractivity contribution in [2.24, 2.45) is 5.14 Å². The molecule has 0 aromatic rings. The van der Waals surface area contributed by atoms with E-state index in [4.69, 9.17) is 5.14 Å². The molecule has 108 valence electrons. The van der Waals surface area contributed by atoms with Crippen molar-refractivity contribution in [3.05, 3.63) is 0 Å². The third kappa shape index (κ3) is 3.76. The minimum atomic E-state index is -4.59. The zero-order valence-electron chi connectivity index (χ0n) is 9.61. The Hall–Kier alpha value is 0.0200. The van der Waals surface area contributed by atoms with Crippen molar-refractivity contribution in [3.8, 4) is 0 Å². The minimum absolute atomic E-state index is 0.0344. The molecule has 12 heteroatoms. The summed E-state index contributed by atoms with van der Waals surface area (Å²) in [5, 5.41) is 4.98. The lowest BCUT2D eigenvalue weighted by Gasteiger charge is -2.26. The Bertz CT molecular complexity index is 481. The maximum atomic E-state index is 13.4. The number of hydrogen-bond donors (Lipinski definition) is 2. The molecular formula is C6H15FN4O4S3. The molecule has 1 aliphatic heterocycles. The number of thioether (sulfide) groups is 1. The van der Waals surface area contributed by atoms with Crippen molar-refractivity contribution >= 4 is 32.2 Å². The molecule has 0 bridgehead atoms. The molecule has 18 heavy (non-hydrogen) atoms. The molecule has 0 aromatic heterocycles. The Balaban J connectivity index is 3.07. The van der Waals surface area contributed by atoms with Gasteiger partial charge in [-0.1, -0.05) is 6.92 Å². The van der Waals surface area contributed by atoms with E-state index in [1.807, 2.05) is 4.72 Å². The first-order valence-corrected chi connectivity index (χ1v) is 9.05. The van der Waals surface area contributed by atoms with Crippen LogP contribution in [0.3, 0.4) is 0 Å². The van der Waals surface area contributed by atoms with Crippen molar-refractivity contribution in [2.75, 3.05) is 18.8 Å². The van der Waals surface area contributed by atoms with Crippen molar-refractivity contribution in [1.29, 1.82) is 0 Å². The molecule has 1 atom stereocenters. The van der Waals surface area contributed by atoms with E-state index >= 15 is 0 Å². The second-order valence-electron chi connectivity index (χ2n) is 3.49. The molecule has 0 aliphatic carbocycles. The van der Waals surface area contributed by atoms with Crippen molar-refractivity contribution < 1.29 is 21.3 Å². The summed E-state index contributed by atoms with van der Waals surface area (Å²) in [7, 11) is -8.98. The summed E-state index contributed by atoms with van der Waals surface area (Å²) in [4.78, 5) is 0. The second-order valence-corrected chi connectivity index (χ2v) is 7.94. The molecule has 1 saturated heterocycles. The van der Waals surface area contributed by atoms with Crippen LogP contribution in [-0.4, -0.2) is 50.0 Å². The van der Waals surface area contributed by atoms with Gasteiger partial charge in [-0.05, 0) is 10.1 Å². The second kappa shape index (κ2) is 5.98. The lowest BCUT2D eigenvalue weighted by Crippen LogP contribution is -2.54. The summed E-state index contributed by atoms with van der Waals surface area (Å²) in [6.45, 7) is 1.68. The number of nitrogens with zero attached hydrogens (tertiary/aromatic N) is 2. The fourth-order valence-corrected chi connectivity index (χ4v) is 5.76. The fraction of sp³-hybridized carbons (Fsp3) is 1.00. The lowest BCUT2D eigenvalue weighted by atomic mass is 10.5. The van der Waals surface area contributed by atoms with Gasteiger partial charge < -0.3 is 0 Å². The molecule has 0 aromatic carbocycles. The summed E-state index contributed by atoms with van der Waals surface area (Å²) in [5.41, 5.74) is -1.49. The van der Waals surface area contributed by atoms with Crippen LogP contribution in [0.5, 0.6) is 0 Å². The molecule has 1 aliphatic rings. The van der Waals surface area contributed by atoms with E-state index in [0.717, 1.165) is 11.8 Å². The topological polar surface area (TPSA) is 113 Å². The van der Waals surface area contributed by atoms with Crippen LogP contribution >= 0.6 is 11.8 Å².